The Kier molecular flexibility index (Phi) is 5.84. The lowest BCUT2D eigenvalue weighted by atomic mass is 9.95. The molecule has 3 rings (SSSR count). The van der Waals surface area contributed by atoms with Gasteiger partial charge in [0.1, 0.15) is 0 Å². The lowest BCUT2D eigenvalue weighted by Crippen LogP contribution is -2.51. The van der Waals surface area contributed by atoms with Crippen LogP contribution in [0.15, 0.2) is 6.20 Å². The highest BCUT2D eigenvalue weighted by molar-refractivity contribution is 5.81. The molecule has 1 aliphatic rings. The third kappa shape index (κ3) is 3.86. The molecule has 0 radical (unpaired) electrons. The van der Waals surface area contributed by atoms with Crippen LogP contribution in [0.5, 0.6) is 0 Å². The Balaban J connectivity index is 1.79. The summed E-state index contributed by atoms with van der Waals surface area (Å²) in [5.41, 5.74) is 10.4. The Morgan fingerprint density at radius 1 is 1.30 bits per heavy atom. The molecule has 1 saturated heterocycles. The summed E-state index contributed by atoms with van der Waals surface area (Å²) in [6, 6.07) is 0.478. The topological polar surface area (TPSA) is 77.0 Å². The number of hydrogen-bond acceptors (Lipinski definition) is 4. The maximum absolute atomic E-state index is 12.9. The van der Waals surface area contributed by atoms with Crippen molar-refractivity contribution in [1.29, 1.82) is 0 Å². The summed E-state index contributed by atoms with van der Waals surface area (Å²) in [6.07, 6.45) is 6.39. The van der Waals surface area contributed by atoms with Gasteiger partial charge in [-0.2, -0.15) is 5.10 Å². The number of nitrogens with two attached hydrogens (primary N) is 1. The lowest BCUT2D eigenvalue weighted by Gasteiger charge is -2.38. The molecule has 1 aliphatic heterocycles. The molecular weight excluding hydrogens is 338 g/mol. The van der Waals surface area contributed by atoms with Gasteiger partial charge in [-0.3, -0.25) is 4.79 Å². The summed E-state index contributed by atoms with van der Waals surface area (Å²) in [5, 5.41) is 5.59. The number of carbonyl (C=O) groups is 1. The van der Waals surface area contributed by atoms with Gasteiger partial charge in [0, 0.05) is 42.2 Å². The number of amides is 1. The number of pyridine rings is 1. The van der Waals surface area contributed by atoms with E-state index in [2.05, 4.69) is 25.9 Å². The first-order chi connectivity index (χ1) is 12.8. The van der Waals surface area contributed by atoms with Crippen molar-refractivity contribution in [3.05, 3.63) is 23.0 Å². The number of aromatic nitrogens is 3. The minimum Gasteiger partial charge on any atom is -0.338 e. The molecule has 148 valence electrons. The number of nitrogens with zero attached hydrogens (tertiary/aromatic N) is 4. The average molecular weight is 372 g/mol. The Hall–Kier alpha value is -1.95. The van der Waals surface area contributed by atoms with Crippen LogP contribution >= 0.6 is 0 Å². The van der Waals surface area contributed by atoms with Crippen LogP contribution in [-0.4, -0.2) is 44.2 Å². The molecule has 6 nitrogen and oxygen atoms in total. The van der Waals surface area contributed by atoms with Crippen LogP contribution in [0.25, 0.3) is 11.0 Å². The Morgan fingerprint density at radius 2 is 2.04 bits per heavy atom. The van der Waals surface area contributed by atoms with E-state index in [9.17, 15) is 4.79 Å². The summed E-state index contributed by atoms with van der Waals surface area (Å²) in [7, 11) is 0. The molecule has 0 unspecified atom stereocenters. The molecule has 2 aromatic rings. The zero-order valence-corrected chi connectivity index (χ0v) is 17.3. The van der Waals surface area contributed by atoms with Gasteiger partial charge in [0.2, 0.25) is 5.91 Å². The number of carbonyl (C=O) groups excluding carboxylic acids is 1. The van der Waals surface area contributed by atoms with Gasteiger partial charge in [0.25, 0.3) is 0 Å². The van der Waals surface area contributed by atoms with Gasteiger partial charge in [-0.1, -0.05) is 0 Å². The van der Waals surface area contributed by atoms with Crippen LogP contribution in [0.2, 0.25) is 0 Å². The maximum atomic E-state index is 12.9. The maximum Gasteiger partial charge on any atom is 0.223 e. The largest absolute Gasteiger partial charge is 0.338 e. The molecule has 1 amide bonds. The van der Waals surface area contributed by atoms with Crippen molar-refractivity contribution in [2.75, 3.05) is 6.54 Å². The molecule has 3 heterocycles. The Bertz CT molecular complexity index is 824. The average Bonchev–Trinajstić information content (AvgIpc) is 3.05. The fourth-order valence-electron chi connectivity index (χ4n) is 4.33. The van der Waals surface area contributed by atoms with Crippen LogP contribution < -0.4 is 5.73 Å². The summed E-state index contributed by atoms with van der Waals surface area (Å²) in [5.74, 6) is 0.216. The predicted molar refractivity (Wildman–Crippen MR) is 109 cm³/mol. The molecule has 1 fully saturated rings. The van der Waals surface area contributed by atoms with Gasteiger partial charge in [0.15, 0.2) is 5.65 Å². The van der Waals surface area contributed by atoms with Crippen molar-refractivity contribution in [3.63, 3.8) is 0 Å². The van der Waals surface area contributed by atoms with Crippen LogP contribution in [0.1, 0.15) is 69.3 Å². The Labute approximate surface area is 162 Å². The SMILES string of the molecule is Cc1nc2c(cnn2C(C)C)c(C)c1CCC(=O)N1CCCC[C@H]1[C@H](C)N. The van der Waals surface area contributed by atoms with E-state index >= 15 is 0 Å². The van der Waals surface area contributed by atoms with Crippen LogP contribution in [-0.2, 0) is 11.2 Å². The molecule has 6 heteroatoms. The number of rotatable bonds is 5. The summed E-state index contributed by atoms with van der Waals surface area (Å²) < 4.78 is 1.96. The van der Waals surface area contributed by atoms with Gasteiger partial charge < -0.3 is 10.6 Å². The molecule has 0 aliphatic carbocycles. The van der Waals surface area contributed by atoms with Gasteiger partial charge in [-0.15, -0.1) is 0 Å². The fourth-order valence-corrected chi connectivity index (χ4v) is 4.33. The molecule has 0 aromatic carbocycles. The first kappa shape index (κ1) is 19.8. The highest BCUT2D eigenvalue weighted by Crippen LogP contribution is 2.26. The zero-order valence-electron chi connectivity index (χ0n) is 17.3. The lowest BCUT2D eigenvalue weighted by molar-refractivity contribution is -0.135. The number of hydrogen-bond donors (Lipinski definition) is 1. The molecule has 0 spiro atoms. The first-order valence-corrected chi connectivity index (χ1v) is 10.2. The van der Waals surface area contributed by atoms with Crippen LogP contribution in [0, 0.1) is 13.8 Å². The van der Waals surface area contributed by atoms with Crippen molar-refractivity contribution < 1.29 is 4.79 Å². The second kappa shape index (κ2) is 7.97. The zero-order chi connectivity index (χ0) is 19.7. The molecule has 2 N–H and O–H groups in total. The van der Waals surface area contributed by atoms with Crippen molar-refractivity contribution in [2.45, 2.75) is 84.8 Å². The minimum absolute atomic E-state index is 0.0256. The van der Waals surface area contributed by atoms with Gasteiger partial charge in [0.05, 0.1) is 6.20 Å². The second-order valence-corrected chi connectivity index (χ2v) is 8.23. The Morgan fingerprint density at radius 3 is 2.70 bits per heavy atom. The smallest absolute Gasteiger partial charge is 0.223 e. The second-order valence-electron chi connectivity index (χ2n) is 8.23. The van der Waals surface area contributed by atoms with E-state index in [1.807, 2.05) is 29.6 Å². The molecule has 2 aromatic heterocycles. The van der Waals surface area contributed by atoms with E-state index < -0.39 is 0 Å². The van der Waals surface area contributed by atoms with E-state index in [-0.39, 0.29) is 24.0 Å². The van der Waals surface area contributed by atoms with Crippen LogP contribution in [0.3, 0.4) is 0 Å². The normalized spacial score (nSPS) is 19.1. The summed E-state index contributed by atoms with van der Waals surface area (Å²) >= 11 is 0. The highest BCUT2D eigenvalue weighted by atomic mass is 16.2. The van der Waals surface area contributed by atoms with Crippen molar-refractivity contribution in [2.24, 2.45) is 5.73 Å². The van der Waals surface area contributed by atoms with E-state index in [0.717, 1.165) is 42.5 Å². The minimum atomic E-state index is 0.0256. The highest BCUT2D eigenvalue weighted by Gasteiger charge is 2.29. The number of aryl methyl sites for hydroxylation is 2. The van der Waals surface area contributed by atoms with Gasteiger partial charge in [-0.05, 0) is 71.4 Å². The van der Waals surface area contributed by atoms with Crippen molar-refractivity contribution in [3.8, 4) is 0 Å². The quantitative estimate of drug-likeness (QED) is 0.875. The molecule has 0 saturated carbocycles. The molecule has 2 atom stereocenters. The summed E-state index contributed by atoms with van der Waals surface area (Å²) in [6.45, 7) is 11.2. The van der Waals surface area contributed by atoms with Gasteiger partial charge in [-0.25, -0.2) is 9.67 Å². The van der Waals surface area contributed by atoms with E-state index in [4.69, 9.17) is 10.7 Å². The van der Waals surface area contributed by atoms with E-state index in [1.165, 1.54) is 11.1 Å². The molecular formula is C21H33N5O. The van der Waals surface area contributed by atoms with E-state index in [0.29, 0.717) is 12.8 Å². The van der Waals surface area contributed by atoms with Gasteiger partial charge >= 0.3 is 0 Å². The standard InChI is InChI=1S/C21H33N5O/c1-13(2)26-21-18(12-23-26)14(3)17(16(5)24-21)9-10-20(27)25-11-7-6-8-19(25)15(4)22/h12-13,15,19H,6-11,22H2,1-5H3/t15-,19-/m0/s1. The van der Waals surface area contributed by atoms with Crippen molar-refractivity contribution in [1.82, 2.24) is 19.7 Å². The fraction of sp³-hybridized carbons (Fsp3) is 0.667. The number of piperidine rings is 1. The summed E-state index contributed by atoms with van der Waals surface area (Å²) in [4.78, 5) is 19.7. The third-order valence-electron chi connectivity index (χ3n) is 5.89. The van der Waals surface area contributed by atoms with Crippen molar-refractivity contribution >= 4 is 16.9 Å². The number of likely N-dealkylation sites (tertiary alicyclic amines) is 1. The monoisotopic (exact) mass is 371 g/mol. The molecule has 27 heavy (non-hydrogen) atoms. The predicted octanol–water partition coefficient (Wildman–Crippen LogP) is 3.29. The van der Waals surface area contributed by atoms with Crippen LogP contribution in [0.4, 0.5) is 0 Å². The number of fused-ring (bicyclic) bond motifs is 1. The van der Waals surface area contributed by atoms with E-state index in [1.54, 1.807) is 0 Å². The first-order valence-electron chi connectivity index (χ1n) is 10.2. The molecule has 0 bridgehead atoms. The third-order valence-corrected chi connectivity index (χ3v) is 5.89.